The number of hydrogen-bond acceptors (Lipinski definition) is 4. The van der Waals surface area contributed by atoms with E-state index in [-0.39, 0.29) is 12.5 Å². The number of aryl methyl sites for hydroxylation is 2. The number of benzene rings is 2. The summed E-state index contributed by atoms with van der Waals surface area (Å²) < 4.78 is 6.13. The van der Waals surface area contributed by atoms with Crippen LogP contribution in [0.5, 0.6) is 5.75 Å². The molecule has 0 bridgehead atoms. The van der Waals surface area contributed by atoms with Crippen LogP contribution in [0, 0.1) is 13.8 Å². The Bertz CT molecular complexity index is 710. The zero-order chi connectivity index (χ0) is 16.9. The van der Waals surface area contributed by atoms with Crippen molar-refractivity contribution in [1.82, 2.24) is 0 Å². The van der Waals surface area contributed by atoms with Gasteiger partial charge in [-0.1, -0.05) is 29.8 Å². The molecule has 1 amide bonds. The molecule has 5 heteroatoms. The van der Waals surface area contributed by atoms with Crippen LogP contribution in [0.4, 0.5) is 5.69 Å². The van der Waals surface area contributed by atoms with E-state index in [0.717, 1.165) is 17.0 Å². The molecule has 1 heterocycles. The number of thioether (sulfide) groups is 2. The maximum absolute atomic E-state index is 12.1. The summed E-state index contributed by atoms with van der Waals surface area (Å²) in [5, 5.41) is 2.89. The average molecular weight is 360 g/mol. The molecule has 1 fully saturated rings. The number of ether oxygens (including phenoxy) is 1. The molecule has 2 aromatic carbocycles. The maximum atomic E-state index is 12.1. The number of carbonyl (C=O) groups is 1. The van der Waals surface area contributed by atoms with Crippen LogP contribution in [0.2, 0.25) is 0 Å². The van der Waals surface area contributed by atoms with Crippen LogP contribution in [-0.4, -0.2) is 24.0 Å². The number of amides is 1. The number of carbonyl (C=O) groups excluding carboxylic acids is 1. The fourth-order valence-corrected chi connectivity index (χ4v) is 5.42. The quantitative estimate of drug-likeness (QED) is 0.832. The molecule has 0 aromatic heterocycles. The smallest absolute Gasteiger partial charge is 0.262 e. The lowest BCUT2D eigenvalue weighted by molar-refractivity contribution is -0.118. The Labute approximate surface area is 151 Å². The van der Waals surface area contributed by atoms with Crippen molar-refractivity contribution in [2.75, 3.05) is 23.4 Å². The summed E-state index contributed by atoms with van der Waals surface area (Å²) in [6.45, 7) is 4.04. The Balaban J connectivity index is 1.52. The van der Waals surface area contributed by atoms with Crippen molar-refractivity contribution in [2.24, 2.45) is 0 Å². The number of nitrogens with one attached hydrogen (secondary N) is 1. The van der Waals surface area contributed by atoms with Gasteiger partial charge >= 0.3 is 0 Å². The van der Waals surface area contributed by atoms with Crippen molar-refractivity contribution in [3.05, 3.63) is 59.2 Å². The third-order valence-electron chi connectivity index (χ3n) is 3.80. The molecule has 2 aromatic rings. The number of hydrogen-bond donors (Lipinski definition) is 1. The first-order valence-electron chi connectivity index (χ1n) is 7.95. The van der Waals surface area contributed by atoms with Crippen LogP contribution in [0.3, 0.4) is 0 Å². The lowest BCUT2D eigenvalue weighted by Crippen LogP contribution is -2.20. The van der Waals surface area contributed by atoms with Crippen molar-refractivity contribution in [1.29, 1.82) is 0 Å². The van der Waals surface area contributed by atoms with Gasteiger partial charge in [0.1, 0.15) is 5.75 Å². The first kappa shape index (κ1) is 17.2. The van der Waals surface area contributed by atoms with E-state index in [1.54, 1.807) is 0 Å². The van der Waals surface area contributed by atoms with Crippen LogP contribution >= 0.6 is 23.5 Å². The van der Waals surface area contributed by atoms with Gasteiger partial charge in [-0.3, -0.25) is 4.79 Å². The fraction of sp³-hybridized carbons (Fsp3) is 0.316. The molecule has 1 aliphatic heterocycles. The summed E-state index contributed by atoms with van der Waals surface area (Å²) in [7, 11) is 0. The second-order valence-electron chi connectivity index (χ2n) is 5.80. The molecule has 0 unspecified atom stereocenters. The largest absolute Gasteiger partial charge is 0.484 e. The number of anilines is 1. The molecule has 1 N–H and O–H groups in total. The van der Waals surface area contributed by atoms with Crippen LogP contribution in [0.1, 0.15) is 21.3 Å². The molecule has 1 saturated heterocycles. The highest BCUT2D eigenvalue weighted by atomic mass is 32.2. The van der Waals surface area contributed by atoms with E-state index in [9.17, 15) is 4.79 Å². The molecule has 3 nitrogen and oxygen atoms in total. The first-order chi connectivity index (χ1) is 11.6. The highest BCUT2D eigenvalue weighted by Crippen LogP contribution is 2.45. The molecule has 0 radical (unpaired) electrons. The van der Waals surface area contributed by atoms with Gasteiger partial charge in [0.2, 0.25) is 0 Å². The Hall–Kier alpha value is -1.59. The van der Waals surface area contributed by atoms with Gasteiger partial charge in [0, 0.05) is 17.2 Å². The minimum atomic E-state index is -0.145. The van der Waals surface area contributed by atoms with Crippen molar-refractivity contribution in [3.8, 4) is 5.75 Å². The van der Waals surface area contributed by atoms with Crippen LogP contribution < -0.4 is 10.1 Å². The Morgan fingerprint density at radius 1 is 1.12 bits per heavy atom. The fourth-order valence-electron chi connectivity index (χ4n) is 2.56. The van der Waals surface area contributed by atoms with Gasteiger partial charge in [0.25, 0.3) is 5.91 Å². The maximum Gasteiger partial charge on any atom is 0.262 e. The zero-order valence-electron chi connectivity index (χ0n) is 13.9. The van der Waals surface area contributed by atoms with E-state index in [1.165, 1.54) is 22.6 Å². The van der Waals surface area contributed by atoms with E-state index in [4.69, 9.17) is 4.74 Å². The Morgan fingerprint density at radius 2 is 1.83 bits per heavy atom. The minimum absolute atomic E-state index is 0.0135. The van der Waals surface area contributed by atoms with Crippen LogP contribution in [0.15, 0.2) is 42.5 Å². The molecule has 24 heavy (non-hydrogen) atoms. The second kappa shape index (κ2) is 7.99. The summed E-state index contributed by atoms with van der Waals surface area (Å²) in [6, 6.07) is 14.0. The van der Waals surface area contributed by atoms with Gasteiger partial charge in [0.05, 0.1) is 4.58 Å². The monoisotopic (exact) mass is 359 g/mol. The predicted octanol–water partition coefficient (Wildman–Crippen LogP) is 4.80. The van der Waals surface area contributed by atoms with Gasteiger partial charge < -0.3 is 10.1 Å². The van der Waals surface area contributed by atoms with Crippen LogP contribution in [-0.2, 0) is 4.79 Å². The van der Waals surface area contributed by atoms with Gasteiger partial charge in [-0.25, -0.2) is 0 Å². The molecule has 0 spiro atoms. The summed E-state index contributed by atoms with van der Waals surface area (Å²) in [5.41, 5.74) is 4.38. The van der Waals surface area contributed by atoms with E-state index in [0.29, 0.717) is 4.58 Å². The molecule has 1 aliphatic rings. The van der Waals surface area contributed by atoms with E-state index in [2.05, 4.69) is 17.4 Å². The molecule has 0 aliphatic carbocycles. The molecular formula is C19H21NO2S2. The summed E-state index contributed by atoms with van der Waals surface area (Å²) in [6.07, 6.45) is 0. The average Bonchev–Trinajstić information content (AvgIpc) is 3.11. The summed E-state index contributed by atoms with van der Waals surface area (Å²) >= 11 is 3.96. The minimum Gasteiger partial charge on any atom is -0.484 e. The molecule has 0 atom stereocenters. The number of rotatable bonds is 5. The SMILES string of the molecule is Cc1ccc(NC(=O)COc2ccc(C3SCCS3)cc2)c(C)c1. The van der Waals surface area contributed by atoms with Gasteiger partial charge in [-0.2, -0.15) is 0 Å². The standard InChI is InChI=1S/C19H21NO2S2/c1-13-3-8-17(14(2)11-13)20-18(21)12-22-16-6-4-15(5-7-16)19-23-9-10-24-19/h3-8,11,19H,9-10,12H2,1-2H3,(H,20,21). The second-order valence-corrected chi connectivity index (χ2v) is 8.52. The lowest BCUT2D eigenvalue weighted by Gasteiger charge is -2.11. The molecule has 3 rings (SSSR count). The van der Waals surface area contributed by atoms with Crippen molar-refractivity contribution < 1.29 is 9.53 Å². The Kier molecular flexibility index (Phi) is 5.74. The summed E-state index contributed by atoms with van der Waals surface area (Å²) in [4.78, 5) is 12.1. The van der Waals surface area contributed by atoms with Crippen molar-refractivity contribution >= 4 is 35.1 Å². The predicted molar refractivity (Wildman–Crippen MR) is 104 cm³/mol. The van der Waals surface area contributed by atoms with E-state index >= 15 is 0 Å². The Morgan fingerprint density at radius 3 is 2.50 bits per heavy atom. The van der Waals surface area contributed by atoms with Crippen molar-refractivity contribution in [2.45, 2.75) is 18.4 Å². The molecule has 0 saturated carbocycles. The lowest BCUT2D eigenvalue weighted by atomic mass is 10.1. The zero-order valence-corrected chi connectivity index (χ0v) is 15.5. The molecule has 126 valence electrons. The van der Waals surface area contributed by atoms with Crippen molar-refractivity contribution in [3.63, 3.8) is 0 Å². The summed E-state index contributed by atoms with van der Waals surface area (Å²) in [5.74, 6) is 3.01. The third kappa shape index (κ3) is 4.48. The molecular weight excluding hydrogens is 338 g/mol. The van der Waals surface area contributed by atoms with Gasteiger partial charge in [-0.05, 0) is 43.2 Å². The highest BCUT2D eigenvalue weighted by molar-refractivity contribution is 8.19. The first-order valence-corrected chi connectivity index (χ1v) is 10.0. The van der Waals surface area contributed by atoms with E-state index < -0.39 is 0 Å². The van der Waals surface area contributed by atoms with E-state index in [1.807, 2.05) is 67.7 Å². The van der Waals surface area contributed by atoms with Gasteiger partial charge in [0.15, 0.2) is 6.61 Å². The topological polar surface area (TPSA) is 38.3 Å². The third-order valence-corrected chi connectivity index (χ3v) is 6.90. The normalized spacial score (nSPS) is 14.6. The highest BCUT2D eigenvalue weighted by Gasteiger charge is 2.18. The van der Waals surface area contributed by atoms with Crippen LogP contribution in [0.25, 0.3) is 0 Å². The van der Waals surface area contributed by atoms with Gasteiger partial charge in [-0.15, -0.1) is 23.5 Å².